The minimum absolute atomic E-state index is 0.693. The Morgan fingerprint density at radius 3 is 2.67 bits per heavy atom. The van der Waals surface area contributed by atoms with E-state index in [2.05, 4.69) is 47.8 Å². The predicted octanol–water partition coefficient (Wildman–Crippen LogP) is 3.51. The first-order valence-corrected chi connectivity index (χ1v) is 6.10. The molecule has 0 aliphatic carbocycles. The maximum absolute atomic E-state index is 5.97. The van der Waals surface area contributed by atoms with Gasteiger partial charge in [-0.1, -0.05) is 36.2 Å². The summed E-state index contributed by atoms with van der Waals surface area (Å²) in [5.41, 5.74) is 7.91. The highest BCUT2D eigenvalue weighted by atomic mass is 79.9. The lowest BCUT2D eigenvalue weighted by molar-refractivity contribution is 0.560. The molecule has 3 heteroatoms. The van der Waals surface area contributed by atoms with Gasteiger partial charge in [-0.3, -0.25) is 0 Å². The van der Waals surface area contributed by atoms with Crippen LogP contribution in [-0.2, 0) is 0 Å². The van der Waals surface area contributed by atoms with Crippen LogP contribution >= 0.6 is 15.9 Å². The fraction of sp³-hybridized carbons (Fsp3) is 0.500. The van der Waals surface area contributed by atoms with Crippen molar-refractivity contribution >= 4 is 27.3 Å². The lowest BCUT2D eigenvalue weighted by Gasteiger charge is -2.24. The molecule has 2 N–H and O–H groups in total. The van der Waals surface area contributed by atoms with Gasteiger partial charge >= 0.3 is 0 Å². The predicted molar refractivity (Wildman–Crippen MR) is 71.3 cm³/mol. The fourth-order valence-corrected chi connectivity index (χ4v) is 1.95. The number of halogens is 1. The normalized spacial score (nSPS) is 12.5. The van der Waals surface area contributed by atoms with Gasteiger partial charge in [-0.25, -0.2) is 0 Å². The van der Waals surface area contributed by atoms with E-state index in [4.69, 9.17) is 5.73 Å². The largest absolute Gasteiger partial charge is 0.397 e. The Balaban J connectivity index is 2.77. The van der Waals surface area contributed by atoms with Crippen LogP contribution in [0, 0.1) is 5.92 Å². The van der Waals surface area contributed by atoms with E-state index in [-0.39, 0.29) is 0 Å². The molecule has 0 spiro atoms. The van der Waals surface area contributed by atoms with E-state index in [0.717, 1.165) is 22.4 Å². The van der Waals surface area contributed by atoms with Crippen LogP contribution in [0.4, 0.5) is 11.4 Å². The van der Waals surface area contributed by atoms with Gasteiger partial charge in [0.2, 0.25) is 0 Å². The van der Waals surface area contributed by atoms with Crippen molar-refractivity contribution in [2.45, 2.75) is 20.3 Å². The average molecular weight is 271 g/mol. The molecule has 0 aliphatic heterocycles. The maximum Gasteiger partial charge on any atom is 0.0598 e. The summed E-state index contributed by atoms with van der Waals surface area (Å²) in [7, 11) is 2.09. The molecule has 1 atom stereocenters. The third-order valence-corrected chi connectivity index (χ3v) is 3.18. The van der Waals surface area contributed by atoms with E-state index in [1.165, 1.54) is 6.42 Å². The molecule has 0 bridgehead atoms. The van der Waals surface area contributed by atoms with Crippen molar-refractivity contribution in [1.29, 1.82) is 0 Å². The summed E-state index contributed by atoms with van der Waals surface area (Å²) in [5.74, 6) is 0.693. The van der Waals surface area contributed by atoms with Gasteiger partial charge in [0.15, 0.2) is 0 Å². The van der Waals surface area contributed by atoms with Crippen molar-refractivity contribution in [3.8, 4) is 0 Å². The van der Waals surface area contributed by atoms with Crippen molar-refractivity contribution in [3.05, 3.63) is 22.7 Å². The summed E-state index contributed by atoms with van der Waals surface area (Å²) >= 11 is 3.41. The Morgan fingerprint density at radius 1 is 1.47 bits per heavy atom. The molecule has 0 amide bonds. The number of nitrogen functional groups attached to an aromatic ring is 1. The maximum atomic E-state index is 5.97. The van der Waals surface area contributed by atoms with Crippen molar-refractivity contribution < 1.29 is 0 Å². The van der Waals surface area contributed by atoms with Crippen molar-refractivity contribution in [3.63, 3.8) is 0 Å². The van der Waals surface area contributed by atoms with Gasteiger partial charge in [0.25, 0.3) is 0 Å². The van der Waals surface area contributed by atoms with Crippen LogP contribution in [0.15, 0.2) is 22.7 Å². The van der Waals surface area contributed by atoms with Gasteiger partial charge < -0.3 is 10.6 Å². The molecule has 2 nitrogen and oxygen atoms in total. The Bertz CT molecular complexity index is 325. The average Bonchev–Trinajstić information content (AvgIpc) is 2.17. The Hall–Kier alpha value is -0.700. The SMILES string of the molecule is CCC(C)CN(C)c1ccc(Br)cc1N. The highest BCUT2D eigenvalue weighted by Crippen LogP contribution is 2.26. The number of nitrogens with two attached hydrogens (primary N) is 1. The number of benzene rings is 1. The molecule has 0 aromatic heterocycles. The van der Waals surface area contributed by atoms with Gasteiger partial charge in [-0.05, 0) is 24.1 Å². The van der Waals surface area contributed by atoms with E-state index in [1.54, 1.807) is 0 Å². The monoisotopic (exact) mass is 270 g/mol. The van der Waals surface area contributed by atoms with Gasteiger partial charge in [-0.15, -0.1) is 0 Å². The van der Waals surface area contributed by atoms with Crippen molar-refractivity contribution in [1.82, 2.24) is 0 Å². The second-order valence-electron chi connectivity index (χ2n) is 4.10. The number of rotatable bonds is 4. The van der Waals surface area contributed by atoms with Crippen molar-refractivity contribution in [2.24, 2.45) is 5.92 Å². The molecule has 1 unspecified atom stereocenters. The van der Waals surface area contributed by atoms with Crippen molar-refractivity contribution in [2.75, 3.05) is 24.2 Å². The molecule has 1 aromatic rings. The quantitative estimate of drug-likeness (QED) is 0.849. The third kappa shape index (κ3) is 3.42. The lowest BCUT2D eigenvalue weighted by Crippen LogP contribution is -2.24. The summed E-state index contributed by atoms with van der Waals surface area (Å²) in [5, 5.41) is 0. The van der Waals surface area contributed by atoms with Gasteiger partial charge in [0, 0.05) is 18.1 Å². The molecule has 1 rings (SSSR count). The topological polar surface area (TPSA) is 29.3 Å². The zero-order chi connectivity index (χ0) is 11.4. The van der Waals surface area contributed by atoms with E-state index in [9.17, 15) is 0 Å². The molecule has 1 aromatic carbocycles. The molecule has 0 saturated carbocycles. The van der Waals surface area contributed by atoms with Crippen LogP contribution in [-0.4, -0.2) is 13.6 Å². The minimum atomic E-state index is 0.693. The van der Waals surface area contributed by atoms with E-state index in [1.807, 2.05) is 12.1 Å². The summed E-state index contributed by atoms with van der Waals surface area (Å²) in [6, 6.07) is 6.03. The van der Waals surface area contributed by atoms with E-state index < -0.39 is 0 Å². The third-order valence-electron chi connectivity index (χ3n) is 2.68. The van der Waals surface area contributed by atoms with E-state index >= 15 is 0 Å². The van der Waals surface area contributed by atoms with Crippen LogP contribution in [0.1, 0.15) is 20.3 Å². The number of nitrogens with zero attached hydrogens (tertiary/aromatic N) is 1. The summed E-state index contributed by atoms with van der Waals surface area (Å²) in [6.45, 7) is 5.51. The summed E-state index contributed by atoms with van der Waals surface area (Å²) in [6.07, 6.45) is 1.20. The van der Waals surface area contributed by atoms with Crippen LogP contribution < -0.4 is 10.6 Å². The summed E-state index contributed by atoms with van der Waals surface area (Å²) < 4.78 is 1.03. The van der Waals surface area contributed by atoms with Gasteiger partial charge in [0.1, 0.15) is 0 Å². The molecule has 0 heterocycles. The van der Waals surface area contributed by atoms with Gasteiger partial charge in [0.05, 0.1) is 11.4 Å². The minimum Gasteiger partial charge on any atom is -0.397 e. The molecule has 0 radical (unpaired) electrons. The molecule has 15 heavy (non-hydrogen) atoms. The van der Waals surface area contributed by atoms with E-state index in [0.29, 0.717) is 5.92 Å². The molecule has 0 aliphatic rings. The smallest absolute Gasteiger partial charge is 0.0598 e. The molecule has 0 fully saturated rings. The lowest BCUT2D eigenvalue weighted by atomic mass is 10.1. The standard InChI is InChI=1S/C12H19BrN2/c1-4-9(2)8-15(3)12-6-5-10(13)7-11(12)14/h5-7,9H,4,8,14H2,1-3H3. The highest BCUT2D eigenvalue weighted by Gasteiger charge is 2.08. The molecular formula is C12H19BrN2. The summed E-state index contributed by atoms with van der Waals surface area (Å²) in [4.78, 5) is 2.22. The highest BCUT2D eigenvalue weighted by molar-refractivity contribution is 9.10. The van der Waals surface area contributed by atoms with Crippen LogP contribution in [0.2, 0.25) is 0 Å². The first-order chi connectivity index (χ1) is 7.04. The zero-order valence-electron chi connectivity index (χ0n) is 9.63. The fourth-order valence-electron chi connectivity index (χ4n) is 1.57. The number of hydrogen-bond acceptors (Lipinski definition) is 2. The van der Waals surface area contributed by atoms with Crippen LogP contribution in [0.5, 0.6) is 0 Å². The Kier molecular flexibility index (Phi) is 4.45. The first kappa shape index (κ1) is 12.4. The van der Waals surface area contributed by atoms with Crippen LogP contribution in [0.25, 0.3) is 0 Å². The second-order valence-corrected chi connectivity index (χ2v) is 5.01. The van der Waals surface area contributed by atoms with Gasteiger partial charge in [-0.2, -0.15) is 0 Å². The molecular weight excluding hydrogens is 252 g/mol. The number of anilines is 2. The number of hydrogen-bond donors (Lipinski definition) is 1. The molecule has 0 saturated heterocycles. The van der Waals surface area contributed by atoms with Crippen LogP contribution in [0.3, 0.4) is 0 Å². The Labute approximate surface area is 101 Å². The first-order valence-electron chi connectivity index (χ1n) is 5.30. The zero-order valence-corrected chi connectivity index (χ0v) is 11.2. The Morgan fingerprint density at radius 2 is 2.13 bits per heavy atom. The molecule has 84 valence electrons. The second kappa shape index (κ2) is 5.40.